The Morgan fingerprint density at radius 3 is 2.52 bits per heavy atom. The van der Waals surface area contributed by atoms with Crippen LogP contribution in [0.5, 0.6) is 5.75 Å². The van der Waals surface area contributed by atoms with Crippen molar-refractivity contribution in [2.24, 2.45) is 5.73 Å². The number of ether oxygens (including phenoxy) is 1. The van der Waals surface area contributed by atoms with Gasteiger partial charge in [0.2, 0.25) is 5.91 Å². The van der Waals surface area contributed by atoms with Gasteiger partial charge in [-0.05, 0) is 34.1 Å². The van der Waals surface area contributed by atoms with E-state index in [9.17, 15) is 19.5 Å². The quantitative estimate of drug-likeness (QED) is 0.523. The standard InChI is InChI=1S/C18H24N4O5/c1-9-21-12-8-10(23)7-11(19)15(12)17(26)22(9)13(16(20)25)5-6-14(24)27-18(2,3)4/h7-8,13,23H,5-6,19H2,1-4H3,(H2,20,25)/t13-/m0/s1. The molecule has 0 aliphatic heterocycles. The second-order valence-corrected chi connectivity index (χ2v) is 7.31. The second-order valence-electron chi connectivity index (χ2n) is 7.31. The summed E-state index contributed by atoms with van der Waals surface area (Å²) in [5.74, 6) is -1.19. The monoisotopic (exact) mass is 376 g/mol. The Bertz CT molecular complexity index is 959. The second kappa shape index (κ2) is 7.26. The van der Waals surface area contributed by atoms with Crippen molar-refractivity contribution in [1.82, 2.24) is 9.55 Å². The van der Waals surface area contributed by atoms with Crippen LogP contribution in [0, 0.1) is 6.92 Å². The molecule has 2 aromatic rings. The first-order valence-electron chi connectivity index (χ1n) is 8.43. The molecule has 9 heteroatoms. The van der Waals surface area contributed by atoms with Gasteiger partial charge in [0.15, 0.2) is 0 Å². The number of phenols is 1. The maximum atomic E-state index is 12.9. The van der Waals surface area contributed by atoms with Gasteiger partial charge in [0.1, 0.15) is 23.2 Å². The van der Waals surface area contributed by atoms with Crippen molar-refractivity contribution in [3.63, 3.8) is 0 Å². The number of aromatic hydroxyl groups is 1. The van der Waals surface area contributed by atoms with Gasteiger partial charge >= 0.3 is 5.97 Å². The summed E-state index contributed by atoms with van der Waals surface area (Å²) < 4.78 is 6.35. The molecule has 0 spiro atoms. The first-order valence-corrected chi connectivity index (χ1v) is 8.43. The molecular weight excluding hydrogens is 352 g/mol. The number of nitrogen functional groups attached to an aromatic ring is 1. The fourth-order valence-corrected chi connectivity index (χ4v) is 2.86. The zero-order valence-corrected chi connectivity index (χ0v) is 15.8. The number of fused-ring (bicyclic) bond motifs is 1. The number of rotatable bonds is 5. The van der Waals surface area contributed by atoms with Crippen LogP contribution in [0.15, 0.2) is 16.9 Å². The van der Waals surface area contributed by atoms with Crippen molar-refractivity contribution >= 4 is 28.5 Å². The molecule has 0 saturated carbocycles. The Hall–Kier alpha value is -3.10. The van der Waals surface area contributed by atoms with Crippen LogP contribution in [0.4, 0.5) is 5.69 Å². The predicted molar refractivity (Wildman–Crippen MR) is 100 cm³/mol. The van der Waals surface area contributed by atoms with E-state index >= 15 is 0 Å². The number of benzene rings is 1. The summed E-state index contributed by atoms with van der Waals surface area (Å²) in [7, 11) is 0. The van der Waals surface area contributed by atoms with Gasteiger partial charge in [-0.3, -0.25) is 19.0 Å². The molecule has 0 saturated heterocycles. The molecule has 5 N–H and O–H groups in total. The number of carbonyl (C=O) groups is 2. The highest BCUT2D eigenvalue weighted by molar-refractivity contribution is 5.91. The van der Waals surface area contributed by atoms with Gasteiger partial charge in [-0.2, -0.15) is 0 Å². The zero-order chi connectivity index (χ0) is 20.5. The van der Waals surface area contributed by atoms with Crippen LogP contribution in [-0.2, 0) is 14.3 Å². The molecule has 1 aromatic heterocycles. The molecule has 9 nitrogen and oxygen atoms in total. The normalized spacial score (nSPS) is 12.7. The molecule has 0 radical (unpaired) electrons. The number of amides is 1. The highest BCUT2D eigenvalue weighted by Crippen LogP contribution is 2.24. The number of nitrogens with two attached hydrogens (primary N) is 2. The lowest BCUT2D eigenvalue weighted by atomic mass is 10.1. The maximum Gasteiger partial charge on any atom is 0.306 e. The van der Waals surface area contributed by atoms with Crippen molar-refractivity contribution in [2.75, 3.05) is 5.73 Å². The highest BCUT2D eigenvalue weighted by atomic mass is 16.6. The van der Waals surface area contributed by atoms with E-state index in [2.05, 4.69) is 4.98 Å². The first-order chi connectivity index (χ1) is 12.4. The van der Waals surface area contributed by atoms with Crippen LogP contribution >= 0.6 is 0 Å². The summed E-state index contributed by atoms with van der Waals surface area (Å²) in [5.41, 5.74) is 10.3. The minimum Gasteiger partial charge on any atom is -0.508 e. The Labute approximate surface area is 155 Å². The third-order valence-corrected chi connectivity index (χ3v) is 3.88. The van der Waals surface area contributed by atoms with Crippen molar-refractivity contribution < 1.29 is 19.4 Å². The van der Waals surface area contributed by atoms with Crippen molar-refractivity contribution in [1.29, 1.82) is 0 Å². The molecule has 1 amide bonds. The number of aromatic nitrogens is 2. The summed E-state index contributed by atoms with van der Waals surface area (Å²) in [4.78, 5) is 41.1. The Morgan fingerprint density at radius 1 is 1.33 bits per heavy atom. The van der Waals surface area contributed by atoms with E-state index in [0.717, 1.165) is 4.57 Å². The zero-order valence-electron chi connectivity index (χ0n) is 15.8. The fraction of sp³-hybridized carbons (Fsp3) is 0.444. The van der Waals surface area contributed by atoms with Crippen molar-refractivity contribution in [2.45, 2.75) is 52.2 Å². The SMILES string of the molecule is Cc1nc2cc(O)cc(N)c2c(=O)n1[C@@H](CCC(=O)OC(C)(C)C)C(N)=O. The minimum atomic E-state index is -1.09. The summed E-state index contributed by atoms with van der Waals surface area (Å²) in [6, 6.07) is 1.45. The van der Waals surface area contributed by atoms with Crippen LogP contribution in [0.3, 0.4) is 0 Å². The van der Waals surface area contributed by atoms with Crippen LogP contribution in [0.1, 0.15) is 45.5 Å². The number of anilines is 1. The van der Waals surface area contributed by atoms with Gasteiger partial charge in [0, 0.05) is 18.6 Å². The molecule has 1 atom stereocenters. The molecule has 2 rings (SSSR count). The minimum absolute atomic E-state index is 0.0177. The predicted octanol–water partition coefficient (Wildman–Crippen LogP) is 1.14. The third kappa shape index (κ3) is 4.55. The van der Waals surface area contributed by atoms with E-state index < -0.39 is 29.1 Å². The van der Waals surface area contributed by atoms with Gasteiger partial charge in [-0.1, -0.05) is 0 Å². The summed E-state index contributed by atoms with van der Waals surface area (Å²) >= 11 is 0. The Kier molecular flexibility index (Phi) is 5.43. The van der Waals surface area contributed by atoms with Gasteiger partial charge < -0.3 is 21.3 Å². The maximum absolute atomic E-state index is 12.9. The molecule has 0 fully saturated rings. The lowest BCUT2D eigenvalue weighted by Gasteiger charge is -2.22. The van der Waals surface area contributed by atoms with Gasteiger partial charge in [0.05, 0.1) is 16.6 Å². The number of esters is 1. The van der Waals surface area contributed by atoms with Crippen molar-refractivity contribution in [3.05, 3.63) is 28.3 Å². The van der Waals surface area contributed by atoms with E-state index in [1.807, 2.05) is 0 Å². The Morgan fingerprint density at radius 2 is 1.96 bits per heavy atom. The molecule has 1 heterocycles. The van der Waals surface area contributed by atoms with E-state index in [4.69, 9.17) is 16.2 Å². The molecule has 27 heavy (non-hydrogen) atoms. The third-order valence-electron chi connectivity index (χ3n) is 3.88. The van der Waals surface area contributed by atoms with Crippen LogP contribution in [-0.4, -0.2) is 32.1 Å². The summed E-state index contributed by atoms with van der Waals surface area (Å²) in [5, 5.41) is 9.71. The van der Waals surface area contributed by atoms with Crippen molar-refractivity contribution in [3.8, 4) is 5.75 Å². The largest absolute Gasteiger partial charge is 0.508 e. The number of nitrogens with zero attached hydrogens (tertiary/aromatic N) is 2. The number of phenolic OH excluding ortho intramolecular Hbond substituents is 1. The number of hydrogen-bond acceptors (Lipinski definition) is 7. The molecule has 0 aliphatic rings. The average Bonchev–Trinajstić information content (AvgIpc) is 2.46. The first kappa shape index (κ1) is 20.2. The van der Waals surface area contributed by atoms with Gasteiger partial charge in [-0.25, -0.2) is 4.98 Å². The van der Waals surface area contributed by atoms with Gasteiger partial charge in [0.25, 0.3) is 5.56 Å². The van der Waals surface area contributed by atoms with E-state index in [-0.39, 0.29) is 41.0 Å². The number of hydrogen-bond donors (Lipinski definition) is 3. The van der Waals surface area contributed by atoms with Gasteiger partial charge in [-0.15, -0.1) is 0 Å². The summed E-state index contributed by atoms with van der Waals surface area (Å²) in [6.45, 7) is 6.73. The van der Waals surface area contributed by atoms with Crippen LogP contribution in [0.2, 0.25) is 0 Å². The lowest BCUT2D eigenvalue weighted by molar-refractivity contribution is -0.155. The topological polar surface area (TPSA) is 151 Å². The van der Waals surface area contributed by atoms with Crippen LogP contribution < -0.4 is 17.0 Å². The molecule has 0 aliphatic carbocycles. The van der Waals surface area contributed by atoms with E-state index in [1.54, 1.807) is 20.8 Å². The van der Waals surface area contributed by atoms with E-state index in [1.165, 1.54) is 19.1 Å². The summed E-state index contributed by atoms with van der Waals surface area (Å²) in [6.07, 6.45) is -0.115. The number of primary amides is 1. The fourth-order valence-electron chi connectivity index (χ4n) is 2.86. The molecule has 0 bridgehead atoms. The number of aryl methyl sites for hydroxylation is 1. The average molecular weight is 376 g/mol. The lowest BCUT2D eigenvalue weighted by Crippen LogP contribution is -2.36. The smallest absolute Gasteiger partial charge is 0.306 e. The molecular formula is C18H24N4O5. The molecule has 0 unspecified atom stereocenters. The van der Waals surface area contributed by atoms with E-state index in [0.29, 0.717) is 0 Å². The van der Waals surface area contributed by atoms with Crippen LogP contribution in [0.25, 0.3) is 10.9 Å². The molecule has 146 valence electrons. The number of carbonyl (C=O) groups excluding carboxylic acids is 2. The Balaban J connectivity index is 2.46. The molecule has 1 aromatic carbocycles. The highest BCUT2D eigenvalue weighted by Gasteiger charge is 2.25.